The second-order valence-electron chi connectivity index (χ2n) is 3.27. The molecule has 5 heteroatoms. The predicted molar refractivity (Wildman–Crippen MR) is 61.2 cm³/mol. The number of anilines is 2. The molecule has 0 amide bonds. The molecule has 0 fully saturated rings. The number of rotatable bonds is 4. The van der Waals surface area contributed by atoms with Crippen LogP contribution in [0.1, 0.15) is 5.69 Å². The Bertz CT molecular complexity index is 454. The number of hydrogen-bond acceptors (Lipinski definition) is 5. The zero-order valence-corrected chi connectivity index (χ0v) is 8.93. The lowest BCUT2D eigenvalue weighted by atomic mass is 10.2. The molecule has 0 saturated heterocycles. The van der Waals surface area contributed by atoms with E-state index in [-0.39, 0.29) is 0 Å². The first-order chi connectivity index (χ1) is 7.81. The van der Waals surface area contributed by atoms with E-state index in [1.165, 1.54) is 6.26 Å². The molecule has 0 bridgehead atoms. The fourth-order valence-electron chi connectivity index (χ4n) is 1.39. The van der Waals surface area contributed by atoms with E-state index in [0.29, 0.717) is 18.0 Å². The molecule has 1 aromatic carbocycles. The topological polar surface area (TPSA) is 73.3 Å². The smallest absolute Gasteiger partial charge is 0.143 e. The van der Waals surface area contributed by atoms with Crippen LogP contribution in [0, 0.1) is 0 Å². The van der Waals surface area contributed by atoms with Crippen LogP contribution in [0.4, 0.5) is 11.4 Å². The molecule has 1 heterocycles. The summed E-state index contributed by atoms with van der Waals surface area (Å²) in [6.07, 6.45) is 1.53. The Morgan fingerprint density at radius 3 is 3.00 bits per heavy atom. The van der Waals surface area contributed by atoms with E-state index in [2.05, 4.69) is 10.5 Å². The summed E-state index contributed by atoms with van der Waals surface area (Å²) < 4.78 is 9.86. The molecule has 0 aliphatic carbocycles. The van der Waals surface area contributed by atoms with E-state index in [9.17, 15) is 0 Å². The highest BCUT2D eigenvalue weighted by atomic mass is 16.5. The third-order valence-electron chi connectivity index (χ3n) is 2.24. The van der Waals surface area contributed by atoms with Crippen LogP contribution in [-0.4, -0.2) is 12.3 Å². The van der Waals surface area contributed by atoms with Crippen LogP contribution >= 0.6 is 0 Å². The Morgan fingerprint density at radius 1 is 1.44 bits per heavy atom. The van der Waals surface area contributed by atoms with Crippen molar-refractivity contribution in [1.29, 1.82) is 0 Å². The average molecular weight is 219 g/mol. The van der Waals surface area contributed by atoms with Crippen molar-refractivity contribution in [1.82, 2.24) is 5.16 Å². The minimum absolute atomic E-state index is 0.563. The Balaban J connectivity index is 2.09. The molecule has 16 heavy (non-hydrogen) atoms. The molecule has 0 atom stereocenters. The van der Waals surface area contributed by atoms with Gasteiger partial charge in [-0.1, -0.05) is 11.2 Å². The van der Waals surface area contributed by atoms with Crippen LogP contribution in [0.5, 0.6) is 5.75 Å². The van der Waals surface area contributed by atoms with Crippen molar-refractivity contribution in [2.75, 3.05) is 18.2 Å². The van der Waals surface area contributed by atoms with Crippen LogP contribution in [-0.2, 0) is 6.54 Å². The average Bonchev–Trinajstić information content (AvgIpc) is 2.81. The number of nitrogens with zero attached hydrogens (tertiary/aromatic N) is 1. The molecule has 0 aliphatic rings. The Kier molecular flexibility index (Phi) is 2.95. The summed E-state index contributed by atoms with van der Waals surface area (Å²) in [7, 11) is 1.59. The molecule has 0 saturated carbocycles. The number of nitrogens with two attached hydrogens (primary N) is 1. The molecule has 0 radical (unpaired) electrons. The first-order valence-electron chi connectivity index (χ1n) is 4.87. The summed E-state index contributed by atoms with van der Waals surface area (Å²) in [5.74, 6) is 0.658. The third kappa shape index (κ3) is 2.08. The summed E-state index contributed by atoms with van der Waals surface area (Å²) in [5.41, 5.74) is 8.14. The van der Waals surface area contributed by atoms with E-state index in [1.54, 1.807) is 13.2 Å². The van der Waals surface area contributed by atoms with E-state index < -0.39 is 0 Å². The molecule has 0 aliphatic heterocycles. The van der Waals surface area contributed by atoms with Gasteiger partial charge >= 0.3 is 0 Å². The number of aromatic nitrogens is 1. The normalized spacial score (nSPS) is 10.1. The Labute approximate surface area is 93.2 Å². The van der Waals surface area contributed by atoms with Crippen molar-refractivity contribution in [2.24, 2.45) is 0 Å². The first-order valence-corrected chi connectivity index (χ1v) is 4.87. The zero-order valence-electron chi connectivity index (χ0n) is 8.93. The van der Waals surface area contributed by atoms with E-state index in [1.807, 2.05) is 18.2 Å². The van der Waals surface area contributed by atoms with Crippen LogP contribution in [0.3, 0.4) is 0 Å². The molecule has 0 spiro atoms. The molecular formula is C11H13N3O2. The number of nitrogens with one attached hydrogen (secondary N) is 1. The highest BCUT2D eigenvalue weighted by Gasteiger charge is 2.05. The number of benzene rings is 1. The number of nitrogen functional groups attached to an aromatic ring is 1. The summed E-state index contributed by atoms with van der Waals surface area (Å²) >= 11 is 0. The second-order valence-corrected chi connectivity index (χ2v) is 3.27. The molecule has 5 nitrogen and oxygen atoms in total. The molecule has 2 rings (SSSR count). The van der Waals surface area contributed by atoms with Crippen molar-refractivity contribution >= 4 is 11.4 Å². The largest absolute Gasteiger partial charge is 0.495 e. The number of para-hydroxylation sites is 1. The van der Waals surface area contributed by atoms with Gasteiger partial charge in [0, 0.05) is 6.07 Å². The standard InChI is InChI=1S/C11H13N3O2/c1-15-10-4-2-3-9(11(10)12)13-7-8-5-6-16-14-8/h2-6,13H,7,12H2,1H3. The maximum Gasteiger partial charge on any atom is 0.143 e. The number of ether oxygens (including phenoxy) is 1. The summed E-state index contributed by atoms with van der Waals surface area (Å²) in [6, 6.07) is 7.37. The van der Waals surface area contributed by atoms with Crippen LogP contribution in [0.15, 0.2) is 35.1 Å². The van der Waals surface area contributed by atoms with Crippen molar-refractivity contribution in [3.63, 3.8) is 0 Å². The summed E-state index contributed by atoms with van der Waals surface area (Å²) in [4.78, 5) is 0. The fraction of sp³-hybridized carbons (Fsp3) is 0.182. The highest BCUT2D eigenvalue weighted by molar-refractivity contribution is 5.72. The van der Waals surface area contributed by atoms with Gasteiger partial charge in [0.05, 0.1) is 25.0 Å². The van der Waals surface area contributed by atoms with E-state index in [0.717, 1.165) is 11.4 Å². The SMILES string of the molecule is COc1cccc(NCc2ccon2)c1N. The van der Waals surface area contributed by atoms with E-state index >= 15 is 0 Å². The van der Waals surface area contributed by atoms with E-state index in [4.69, 9.17) is 15.0 Å². The maximum absolute atomic E-state index is 5.90. The lowest BCUT2D eigenvalue weighted by Gasteiger charge is -2.10. The van der Waals surface area contributed by atoms with Gasteiger partial charge in [-0.15, -0.1) is 0 Å². The van der Waals surface area contributed by atoms with Gasteiger partial charge in [0.15, 0.2) is 0 Å². The van der Waals surface area contributed by atoms with Crippen LogP contribution in [0.25, 0.3) is 0 Å². The quantitative estimate of drug-likeness (QED) is 0.768. The van der Waals surface area contributed by atoms with Crippen molar-refractivity contribution in [3.8, 4) is 5.75 Å². The van der Waals surface area contributed by atoms with Gasteiger partial charge in [-0.3, -0.25) is 0 Å². The summed E-state index contributed by atoms with van der Waals surface area (Å²) in [6.45, 7) is 0.563. The monoisotopic (exact) mass is 219 g/mol. The van der Waals surface area contributed by atoms with Crippen molar-refractivity contribution in [2.45, 2.75) is 6.54 Å². The Hall–Kier alpha value is -2.17. The lowest BCUT2D eigenvalue weighted by molar-refractivity contribution is 0.412. The lowest BCUT2D eigenvalue weighted by Crippen LogP contribution is -2.03. The number of methoxy groups -OCH3 is 1. The van der Waals surface area contributed by atoms with Crippen molar-refractivity contribution in [3.05, 3.63) is 36.2 Å². The second kappa shape index (κ2) is 4.57. The molecule has 2 aromatic rings. The van der Waals surface area contributed by atoms with Gasteiger partial charge in [-0.05, 0) is 12.1 Å². The minimum atomic E-state index is 0.563. The molecule has 3 N–H and O–H groups in total. The molecule has 0 unspecified atom stereocenters. The maximum atomic E-state index is 5.90. The van der Waals surface area contributed by atoms with Gasteiger partial charge in [-0.2, -0.15) is 0 Å². The van der Waals surface area contributed by atoms with Gasteiger partial charge in [0.1, 0.15) is 17.7 Å². The first kappa shape index (κ1) is 10.4. The fourth-order valence-corrected chi connectivity index (χ4v) is 1.39. The van der Waals surface area contributed by atoms with Gasteiger partial charge in [0.2, 0.25) is 0 Å². The molecular weight excluding hydrogens is 206 g/mol. The van der Waals surface area contributed by atoms with Crippen LogP contribution in [0.2, 0.25) is 0 Å². The molecule has 84 valence electrons. The summed E-state index contributed by atoms with van der Waals surface area (Å²) in [5, 5.41) is 6.96. The minimum Gasteiger partial charge on any atom is -0.495 e. The third-order valence-corrected chi connectivity index (χ3v) is 2.24. The highest BCUT2D eigenvalue weighted by Crippen LogP contribution is 2.29. The van der Waals surface area contributed by atoms with Crippen molar-refractivity contribution < 1.29 is 9.26 Å². The number of hydrogen-bond donors (Lipinski definition) is 2. The van der Waals surface area contributed by atoms with Gasteiger partial charge in [0.25, 0.3) is 0 Å². The van der Waals surface area contributed by atoms with Gasteiger partial charge in [-0.25, -0.2) is 0 Å². The molecule has 1 aromatic heterocycles. The predicted octanol–water partition coefficient (Wildman–Crippen LogP) is 1.88. The zero-order chi connectivity index (χ0) is 11.4. The Morgan fingerprint density at radius 2 is 2.31 bits per heavy atom. The van der Waals surface area contributed by atoms with Gasteiger partial charge < -0.3 is 20.3 Å². The van der Waals surface area contributed by atoms with Crippen LogP contribution < -0.4 is 15.8 Å².